The molecule has 1 aliphatic rings. The third-order valence-corrected chi connectivity index (χ3v) is 6.00. The Bertz CT molecular complexity index is 1630. The van der Waals surface area contributed by atoms with Crippen LogP contribution >= 0.6 is 0 Å². The molecule has 0 atom stereocenters. The summed E-state index contributed by atoms with van der Waals surface area (Å²) in [6.07, 6.45) is 5.97. The van der Waals surface area contributed by atoms with Gasteiger partial charge in [-0.1, -0.05) is 0 Å². The minimum absolute atomic E-state index is 0.158. The van der Waals surface area contributed by atoms with Crippen LogP contribution in [0, 0.1) is 6.92 Å². The number of pyridine rings is 2. The summed E-state index contributed by atoms with van der Waals surface area (Å²) in [5.74, 6) is 1.07. The maximum Gasteiger partial charge on any atom is 0.415 e. The van der Waals surface area contributed by atoms with E-state index < -0.39 is 11.7 Å². The normalized spacial score (nSPS) is 13.3. The number of anilines is 3. The van der Waals surface area contributed by atoms with E-state index in [0.717, 1.165) is 12.8 Å². The molecule has 2 amide bonds. The van der Waals surface area contributed by atoms with Gasteiger partial charge in [-0.2, -0.15) is 5.10 Å². The number of aromatic nitrogens is 5. The second-order valence-electron chi connectivity index (χ2n) is 10.4. The van der Waals surface area contributed by atoms with Gasteiger partial charge in [-0.25, -0.2) is 19.3 Å². The van der Waals surface area contributed by atoms with E-state index in [1.165, 1.54) is 20.2 Å². The quantitative estimate of drug-likeness (QED) is 0.386. The number of rotatable bonds is 6. The topological polar surface area (TPSA) is 136 Å². The maximum absolute atomic E-state index is 13.4. The molecule has 0 aliphatic heterocycles. The van der Waals surface area contributed by atoms with Gasteiger partial charge in [0.15, 0.2) is 0 Å². The molecule has 202 valence electrons. The third kappa shape index (κ3) is 5.59. The molecule has 0 aromatic carbocycles. The van der Waals surface area contributed by atoms with Gasteiger partial charge < -0.3 is 15.4 Å². The van der Waals surface area contributed by atoms with Crippen molar-refractivity contribution in [3.05, 3.63) is 70.7 Å². The van der Waals surface area contributed by atoms with E-state index in [2.05, 4.69) is 25.7 Å². The number of nitrogens with zero attached hydrogens (tertiary/aromatic N) is 6. The Labute approximate surface area is 224 Å². The molecule has 4 aromatic heterocycles. The molecule has 0 bridgehead atoms. The first-order valence-corrected chi connectivity index (χ1v) is 12.6. The van der Waals surface area contributed by atoms with Crippen molar-refractivity contribution in [1.82, 2.24) is 29.5 Å². The summed E-state index contributed by atoms with van der Waals surface area (Å²) in [5.41, 5.74) is 0.513. The lowest BCUT2D eigenvalue weighted by molar-refractivity contribution is 0.0587. The van der Waals surface area contributed by atoms with Crippen molar-refractivity contribution < 1.29 is 14.3 Å². The van der Waals surface area contributed by atoms with Gasteiger partial charge in [0.1, 0.15) is 28.7 Å². The van der Waals surface area contributed by atoms with Gasteiger partial charge in [0, 0.05) is 37.2 Å². The SMILES string of the molecule is Cc1nccc(-n2cccc(Nc3cc(N(C)C(=O)OC(C)(C)C)n4ncc(C(=O)NC5CC5)c4c3)c2=O)n1. The Morgan fingerprint density at radius 3 is 2.64 bits per heavy atom. The van der Waals surface area contributed by atoms with Gasteiger partial charge in [0.2, 0.25) is 0 Å². The van der Waals surface area contributed by atoms with E-state index in [-0.39, 0.29) is 23.2 Å². The van der Waals surface area contributed by atoms with E-state index in [1.54, 1.807) is 77.5 Å². The molecule has 5 rings (SSSR count). The molecule has 39 heavy (non-hydrogen) atoms. The highest BCUT2D eigenvalue weighted by Gasteiger charge is 2.27. The van der Waals surface area contributed by atoms with Crippen LogP contribution < -0.4 is 21.1 Å². The lowest BCUT2D eigenvalue weighted by atomic mass is 10.2. The van der Waals surface area contributed by atoms with Crippen molar-refractivity contribution in [1.29, 1.82) is 0 Å². The highest BCUT2D eigenvalue weighted by Crippen LogP contribution is 2.28. The van der Waals surface area contributed by atoms with Crippen molar-refractivity contribution in [3.63, 3.8) is 0 Å². The molecule has 1 aliphatic carbocycles. The number of hydrogen-bond donors (Lipinski definition) is 2. The van der Waals surface area contributed by atoms with Crippen LogP contribution in [-0.4, -0.2) is 54.8 Å². The predicted molar refractivity (Wildman–Crippen MR) is 146 cm³/mol. The molecule has 0 unspecified atom stereocenters. The largest absolute Gasteiger partial charge is 0.443 e. The van der Waals surface area contributed by atoms with Crippen LogP contribution in [0.1, 0.15) is 49.8 Å². The van der Waals surface area contributed by atoms with Crippen molar-refractivity contribution in [2.75, 3.05) is 17.3 Å². The Morgan fingerprint density at radius 1 is 1.18 bits per heavy atom. The van der Waals surface area contributed by atoms with Crippen LogP contribution in [0.3, 0.4) is 0 Å². The third-order valence-electron chi connectivity index (χ3n) is 6.00. The van der Waals surface area contributed by atoms with E-state index in [9.17, 15) is 14.4 Å². The fourth-order valence-electron chi connectivity index (χ4n) is 3.97. The minimum atomic E-state index is -0.714. The molecule has 4 aromatic rings. The van der Waals surface area contributed by atoms with Crippen LogP contribution in [0.4, 0.5) is 22.0 Å². The van der Waals surface area contributed by atoms with Crippen molar-refractivity contribution in [2.45, 2.75) is 52.2 Å². The zero-order valence-corrected chi connectivity index (χ0v) is 22.4. The number of hydrogen-bond acceptors (Lipinski definition) is 8. The monoisotopic (exact) mass is 530 g/mol. The zero-order valence-electron chi connectivity index (χ0n) is 22.4. The summed E-state index contributed by atoms with van der Waals surface area (Å²) in [5, 5.41) is 10.5. The molecule has 0 radical (unpaired) electrons. The van der Waals surface area contributed by atoms with Gasteiger partial charge in [-0.3, -0.25) is 19.1 Å². The van der Waals surface area contributed by atoms with E-state index >= 15 is 0 Å². The van der Waals surface area contributed by atoms with Gasteiger partial charge in [0.25, 0.3) is 11.5 Å². The number of fused-ring (bicyclic) bond motifs is 1. The summed E-state index contributed by atoms with van der Waals surface area (Å²) < 4.78 is 8.47. The number of ether oxygens (including phenoxy) is 1. The second-order valence-corrected chi connectivity index (χ2v) is 10.4. The molecule has 1 fully saturated rings. The van der Waals surface area contributed by atoms with Gasteiger partial charge in [-0.15, -0.1) is 0 Å². The van der Waals surface area contributed by atoms with Crippen LogP contribution in [0.25, 0.3) is 11.3 Å². The molecule has 12 nitrogen and oxygen atoms in total. The molecule has 0 saturated heterocycles. The van der Waals surface area contributed by atoms with Crippen LogP contribution in [0.15, 0.2) is 53.7 Å². The lowest BCUT2D eigenvalue weighted by Crippen LogP contribution is -2.35. The van der Waals surface area contributed by atoms with E-state index in [0.29, 0.717) is 34.2 Å². The van der Waals surface area contributed by atoms with Crippen molar-refractivity contribution in [3.8, 4) is 5.82 Å². The highest BCUT2D eigenvalue weighted by molar-refractivity contribution is 6.02. The smallest absolute Gasteiger partial charge is 0.415 e. The fourth-order valence-corrected chi connectivity index (χ4v) is 3.97. The van der Waals surface area contributed by atoms with Gasteiger partial charge >= 0.3 is 6.09 Å². The van der Waals surface area contributed by atoms with Gasteiger partial charge in [-0.05, 0) is 64.8 Å². The molecule has 2 N–H and O–H groups in total. The highest BCUT2D eigenvalue weighted by atomic mass is 16.6. The molecular weight excluding hydrogens is 500 g/mol. The average molecular weight is 531 g/mol. The predicted octanol–water partition coefficient (Wildman–Crippen LogP) is 3.59. The Kier molecular flexibility index (Phi) is 6.54. The summed E-state index contributed by atoms with van der Waals surface area (Å²) in [4.78, 5) is 49.0. The molecule has 0 spiro atoms. The van der Waals surface area contributed by atoms with Crippen LogP contribution in [-0.2, 0) is 4.74 Å². The molecule has 1 saturated carbocycles. The number of nitrogens with one attached hydrogen (secondary N) is 2. The first kappa shape index (κ1) is 25.9. The van der Waals surface area contributed by atoms with Crippen molar-refractivity contribution >= 4 is 34.7 Å². The van der Waals surface area contributed by atoms with Crippen molar-refractivity contribution in [2.24, 2.45) is 0 Å². The summed E-state index contributed by atoms with van der Waals surface area (Å²) in [7, 11) is 1.56. The average Bonchev–Trinajstić information content (AvgIpc) is 3.58. The van der Waals surface area contributed by atoms with E-state index in [1.807, 2.05) is 0 Å². The summed E-state index contributed by atoms with van der Waals surface area (Å²) >= 11 is 0. The Balaban J connectivity index is 1.58. The zero-order chi connectivity index (χ0) is 27.9. The Hall–Kier alpha value is -4.74. The minimum Gasteiger partial charge on any atom is -0.443 e. The van der Waals surface area contributed by atoms with Gasteiger partial charge in [0.05, 0.1) is 17.3 Å². The lowest BCUT2D eigenvalue weighted by Gasteiger charge is -2.25. The summed E-state index contributed by atoms with van der Waals surface area (Å²) in [6, 6.07) is 8.55. The summed E-state index contributed by atoms with van der Waals surface area (Å²) in [6.45, 7) is 7.08. The second kappa shape index (κ2) is 9.86. The van der Waals surface area contributed by atoms with E-state index in [4.69, 9.17) is 4.74 Å². The fraction of sp³-hybridized carbons (Fsp3) is 0.333. The maximum atomic E-state index is 13.4. The first-order chi connectivity index (χ1) is 18.5. The number of carbonyl (C=O) groups is 2. The molecule has 4 heterocycles. The first-order valence-electron chi connectivity index (χ1n) is 12.6. The van der Waals surface area contributed by atoms with Crippen LogP contribution in [0.2, 0.25) is 0 Å². The number of amides is 2. The van der Waals surface area contributed by atoms with Crippen LogP contribution in [0.5, 0.6) is 0 Å². The number of carbonyl (C=O) groups excluding carboxylic acids is 2. The Morgan fingerprint density at radius 2 is 1.95 bits per heavy atom. The standard InChI is InChI=1S/C27H30N8O4/c1-16-28-11-10-22(30-16)34-12-6-7-20(25(34)37)31-18-13-21-19(24(36)32-17-8-9-17)15-29-35(21)23(14-18)33(5)26(38)39-27(2,3)4/h6-7,10-15,17,31H,8-9H2,1-5H3,(H,32,36). The molecule has 12 heteroatoms. The number of aryl methyl sites for hydroxylation is 1. The molecular formula is C27H30N8O4.